The molecule has 8 rings (SSSR count). The van der Waals surface area contributed by atoms with Gasteiger partial charge in [-0.1, -0.05) is 39.8 Å². The molecule has 5 heterocycles. The molecule has 2 saturated heterocycles. The Labute approximate surface area is 363 Å². The third kappa shape index (κ3) is 7.87. The number of likely N-dealkylation sites (tertiary alicyclic amines) is 2. The van der Waals surface area contributed by atoms with Gasteiger partial charge in [-0.3, -0.25) is 19.3 Å². The van der Waals surface area contributed by atoms with Crippen molar-refractivity contribution >= 4 is 56.7 Å². The summed E-state index contributed by atoms with van der Waals surface area (Å²) in [4.78, 5) is 84.1. The molecule has 3 aromatic heterocycles. The molecule has 0 bridgehead atoms. The number of nitrogens with zero attached hydrogens (tertiary/aromatic N) is 5. The Morgan fingerprint density at radius 2 is 1.42 bits per heavy atom. The summed E-state index contributed by atoms with van der Waals surface area (Å²) in [6.45, 7) is 6.53. The summed E-state index contributed by atoms with van der Waals surface area (Å²) in [7, 11) is 2.49. The minimum atomic E-state index is -1.36. The van der Waals surface area contributed by atoms with Crippen LogP contribution in [0.5, 0.6) is 0 Å². The number of hydrogen-bond acceptors (Lipinski definition) is 9. The molecule has 2 unspecified atom stereocenters. The number of methoxy groups -OCH3 is 1. The monoisotopic (exact) mass is 884 g/mol. The molecule has 336 valence electrons. The molecule has 2 aliphatic heterocycles. The number of likely N-dealkylation sites (N-methyl/N-ethyl adjacent to an activating group) is 1. The van der Waals surface area contributed by atoms with E-state index in [1.807, 2.05) is 0 Å². The average Bonchev–Trinajstić information content (AvgIpc) is 4.09. The van der Waals surface area contributed by atoms with Crippen molar-refractivity contribution < 1.29 is 46.6 Å². The topological polar surface area (TPSA) is 207 Å². The summed E-state index contributed by atoms with van der Waals surface area (Å²) >= 11 is 0. The lowest BCUT2D eigenvalue weighted by Crippen LogP contribution is -2.51. The summed E-state index contributed by atoms with van der Waals surface area (Å²) < 4.78 is 56.7. The highest BCUT2D eigenvalue weighted by atomic mass is 19.1. The quantitative estimate of drug-likeness (QED) is 0.101. The Hall–Kier alpha value is -6.92. The van der Waals surface area contributed by atoms with Crippen LogP contribution in [0, 0.1) is 17.7 Å². The van der Waals surface area contributed by atoms with E-state index in [9.17, 15) is 37.9 Å². The lowest BCUT2D eigenvalue weighted by molar-refractivity contribution is -0.139. The van der Waals surface area contributed by atoms with Gasteiger partial charge in [0.05, 0.1) is 66.8 Å². The number of aromatic amines is 2. The first-order valence-electron chi connectivity index (χ1n) is 20.9. The Balaban J connectivity index is 1.08. The van der Waals surface area contributed by atoms with Crippen molar-refractivity contribution in [3.8, 4) is 22.5 Å². The fraction of sp³-hybridized carbons (Fsp3) is 0.400. The summed E-state index contributed by atoms with van der Waals surface area (Å²) in [6, 6.07) is 7.63. The van der Waals surface area contributed by atoms with Crippen molar-refractivity contribution in [1.29, 1.82) is 0 Å². The second-order valence-electron chi connectivity index (χ2n) is 17.1. The highest BCUT2D eigenvalue weighted by molar-refractivity contribution is 6.01. The maximum atomic E-state index is 16.2. The Bertz CT molecular complexity index is 2880. The van der Waals surface area contributed by atoms with Gasteiger partial charge in [0.25, 0.3) is 0 Å². The first kappa shape index (κ1) is 43.7. The van der Waals surface area contributed by atoms with Crippen LogP contribution in [0.2, 0.25) is 0 Å². The number of aromatic nitrogens is 4. The summed E-state index contributed by atoms with van der Waals surface area (Å²) in [5.41, 5.74) is 1.42. The van der Waals surface area contributed by atoms with Gasteiger partial charge >= 0.3 is 12.2 Å². The second kappa shape index (κ2) is 17.0. The van der Waals surface area contributed by atoms with Gasteiger partial charge < -0.3 is 39.3 Å². The minimum Gasteiger partial charge on any atom is -0.465 e. The number of carboxylic acid groups (broad SMARTS) is 1. The predicted octanol–water partition coefficient (Wildman–Crippen LogP) is 7.26. The van der Waals surface area contributed by atoms with Gasteiger partial charge in [0.2, 0.25) is 17.2 Å². The maximum Gasteiger partial charge on any atom is 0.407 e. The van der Waals surface area contributed by atoms with Crippen molar-refractivity contribution in [1.82, 2.24) is 40.0 Å². The van der Waals surface area contributed by atoms with E-state index < -0.39 is 71.8 Å². The molecule has 16 nitrogen and oxygen atoms in total. The maximum absolute atomic E-state index is 16.2. The largest absolute Gasteiger partial charge is 0.465 e. The van der Waals surface area contributed by atoms with Crippen molar-refractivity contribution in [3.05, 3.63) is 82.5 Å². The van der Waals surface area contributed by atoms with Crippen LogP contribution in [0.15, 0.2) is 64.1 Å². The van der Waals surface area contributed by atoms with Crippen molar-refractivity contribution in [2.75, 3.05) is 27.2 Å². The van der Waals surface area contributed by atoms with E-state index >= 15 is 4.39 Å². The molecule has 0 aliphatic carbocycles. The molecule has 2 fully saturated rings. The van der Waals surface area contributed by atoms with E-state index in [0.29, 0.717) is 33.7 Å². The zero-order valence-corrected chi connectivity index (χ0v) is 35.8. The number of ether oxygens (including phenoxy) is 1. The molecule has 4 N–H and O–H groups in total. The number of benzene rings is 3. The fourth-order valence-corrected chi connectivity index (χ4v) is 8.94. The molecule has 2 aliphatic rings. The highest BCUT2D eigenvalue weighted by Crippen LogP contribution is 2.38. The molecule has 3 aromatic carbocycles. The average molecular weight is 885 g/mol. The number of alkyl carbamates (subject to hydrolysis) is 1. The van der Waals surface area contributed by atoms with Gasteiger partial charge in [0.1, 0.15) is 41.7 Å². The smallest absolute Gasteiger partial charge is 0.407 e. The number of H-pyrrole nitrogens is 2. The second-order valence-corrected chi connectivity index (χ2v) is 17.1. The number of imidazole rings is 2. The lowest BCUT2D eigenvalue weighted by Gasteiger charge is -2.33. The first-order chi connectivity index (χ1) is 30.4. The number of carbonyl (C=O) groups is 4. The number of halogens is 3. The van der Waals surface area contributed by atoms with Crippen LogP contribution in [0.25, 0.3) is 55.2 Å². The van der Waals surface area contributed by atoms with Crippen molar-refractivity contribution in [3.63, 3.8) is 0 Å². The van der Waals surface area contributed by atoms with Gasteiger partial charge in [-0.15, -0.1) is 0 Å². The van der Waals surface area contributed by atoms with Crippen LogP contribution in [-0.2, 0) is 14.3 Å². The Morgan fingerprint density at radius 1 is 0.844 bits per heavy atom. The molecule has 6 aromatic rings. The zero-order valence-electron chi connectivity index (χ0n) is 35.8. The van der Waals surface area contributed by atoms with Gasteiger partial charge in [0.15, 0.2) is 11.4 Å². The molecular weight excluding hydrogens is 838 g/mol. The Morgan fingerprint density at radius 3 is 1.98 bits per heavy atom. The number of nitrogens with one attached hydrogen (secondary N) is 3. The summed E-state index contributed by atoms with van der Waals surface area (Å²) in [5.74, 6) is -1.85. The van der Waals surface area contributed by atoms with Crippen LogP contribution < -0.4 is 10.7 Å². The van der Waals surface area contributed by atoms with Crippen LogP contribution in [-0.4, -0.2) is 115 Å². The van der Waals surface area contributed by atoms with E-state index in [4.69, 9.17) is 4.42 Å². The van der Waals surface area contributed by atoms with Gasteiger partial charge in [-0.25, -0.2) is 32.7 Å². The van der Waals surface area contributed by atoms with Crippen molar-refractivity contribution in [2.24, 2.45) is 11.8 Å². The minimum absolute atomic E-state index is 0.0168. The van der Waals surface area contributed by atoms with E-state index in [-0.39, 0.29) is 70.9 Å². The number of carbonyl (C=O) groups excluding carboxylic acids is 3. The van der Waals surface area contributed by atoms with Crippen LogP contribution >= 0.6 is 0 Å². The molecule has 0 spiro atoms. The van der Waals surface area contributed by atoms with Crippen LogP contribution in [0.4, 0.5) is 22.8 Å². The molecular formula is C45H47F3N8O8. The highest BCUT2D eigenvalue weighted by Gasteiger charge is 2.44. The van der Waals surface area contributed by atoms with Gasteiger partial charge in [-0.2, -0.15) is 0 Å². The molecule has 0 radical (unpaired) electrons. The van der Waals surface area contributed by atoms with Gasteiger partial charge in [-0.05, 0) is 47.6 Å². The first-order valence-corrected chi connectivity index (χ1v) is 20.9. The fourth-order valence-electron chi connectivity index (χ4n) is 8.94. The van der Waals surface area contributed by atoms with E-state index in [0.717, 1.165) is 4.90 Å². The van der Waals surface area contributed by atoms with Crippen molar-refractivity contribution in [2.45, 2.75) is 77.0 Å². The van der Waals surface area contributed by atoms with Crippen LogP contribution in [0.3, 0.4) is 0 Å². The third-order valence-corrected chi connectivity index (χ3v) is 12.2. The predicted molar refractivity (Wildman–Crippen MR) is 229 cm³/mol. The number of fused-ring (bicyclic) bond motifs is 3. The number of alkyl halides is 2. The number of hydrogen-bond donors (Lipinski definition) is 4. The van der Waals surface area contributed by atoms with E-state index in [1.54, 1.807) is 58.0 Å². The van der Waals surface area contributed by atoms with Crippen LogP contribution in [0.1, 0.15) is 64.3 Å². The third-order valence-electron chi connectivity index (χ3n) is 12.2. The SMILES string of the molecule is COC(=O)NC(C(=O)N1C[C@H](F)C[C@H]1c1ncc(-c2ccc3c(F)c4oc5ccc(-c6cnc([C@@H]7C[C@@H](F)CN7C(=O)C(C(C)C)N(C)C(=O)O)[nH]6)cc5c(=O)c4cc3c2)[nH]1)C(C)C. The molecule has 64 heavy (non-hydrogen) atoms. The Kier molecular flexibility index (Phi) is 11.6. The number of amides is 4. The van der Waals surface area contributed by atoms with E-state index in [1.165, 1.54) is 48.5 Å². The summed E-state index contributed by atoms with van der Waals surface area (Å²) in [6.07, 6.45) is -1.80. The normalized spacial score (nSPS) is 19.9. The molecule has 0 saturated carbocycles. The molecule has 4 amide bonds. The standard InChI is InChI=1S/C45H47F3N8O8/c1-20(2)36(53-44(60)63-6)42(58)55-18-25(46)14-32(55)40-49-16-30(51-40)22-7-9-27-24(11-22)13-29-38(57)28-12-23(8-10-34(28)64-39(29)35(27)48)31-17-50-41(52-31)33-15-26(47)19-56(33)43(59)37(21(3)4)54(5)45(61)62/h7-13,16-17,20-21,25-26,32-33,36-37H,14-15,18-19H2,1-6H3,(H,49,51)(H,50,52)(H,53,60)(H,61,62)/t25-,26-,32+,33+,36?,37?/m1/s1. The van der Waals surface area contributed by atoms with Gasteiger partial charge in [0, 0.05) is 36.4 Å². The summed E-state index contributed by atoms with van der Waals surface area (Å²) in [5, 5.41) is 12.9. The van der Waals surface area contributed by atoms with E-state index in [2.05, 4.69) is 30.0 Å². The zero-order chi connectivity index (χ0) is 45.9. The molecule has 6 atom stereocenters. The number of rotatable bonds is 10. The lowest BCUT2D eigenvalue weighted by atomic mass is 10.0. The molecule has 19 heteroatoms.